The average Bonchev–Trinajstić information content (AvgIpc) is 3.23. The topological polar surface area (TPSA) is 87.7 Å². The Labute approximate surface area is 181 Å². The second-order valence-electron chi connectivity index (χ2n) is 8.99. The monoisotopic (exact) mass is 433 g/mol. The van der Waals surface area contributed by atoms with Gasteiger partial charge in [0.25, 0.3) is 0 Å². The molecule has 30 heavy (non-hydrogen) atoms. The molecule has 2 fully saturated rings. The standard InChI is InChI=1S/C22H28ClN3O4/c1-11(2)8-15-16-17(20(28)26(19(16)27)6-5-7-30-4)22(25-15)13-9-12(3)10-14(23)18(13)24-21(22)29/h9-11,15-17,25H,5-8H2,1-4H3,(H,24,29). The summed E-state index contributed by atoms with van der Waals surface area (Å²) >= 11 is 6.43. The van der Waals surface area contributed by atoms with Crippen molar-refractivity contribution in [3.63, 3.8) is 0 Å². The third kappa shape index (κ3) is 2.98. The van der Waals surface area contributed by atoms with Gasteiger partial charge in [0, 0.05) is 31.9 Å². The van der Waals surface area contributed by atoms with E-state index in [9.17, 15) is 14.4 Å². The van der Waals surface area contributed by atoms with Crippen LogP contribution < -0.4 is 10.6 Å². The summed E-state index contributed by atoms with van der Waals surface area (Å²) in [6.45, 7) is 6.81. The molecule has 0 aromatic heterocycles. The Hall–Kier alpha value is -1.96. The Balaban J connectivity index is 1.82. The van der Waals surface area contributed by atoms with E-state index in [1.807, 2.05) is 13.0 Å². The number of ether oxygens (including phenoxy) is 1. The first kappa shape index (κ1) is 21.3. The second-order valence-corrected chi connectivity index (χ2v) is 9.40. The minimum Gasteiger partial charge on any atom is -0.385 e. The predicted molar refractivity (Wildman–Crippen MR) is 113 cm³/mol. The summed E-state index contributed by atoms with van der Waals surface area (Å²) in [4.78, 5) is 41.6. The lowest BCUT2D eigenvalue weighted by Gasteiger charge is -2.30. The number of carbonyl (C=O) groups is 3. The van der Waals surface area contributed by atoms with Crippen LogP contribution in [0.2, 0.25) is 5.02 Å². The van der Waals surface area contributed by atoms with Gasteiger partial charge < -0.3 is 10.1 Å². The Morgan fingerprint density at radius 1 is 1.23 bits per heavy atom. The number of imide groups is 1. The number of anilines is 1. The fourth-order valence-electron chi connectivity index (χ4n) is 5.35. The molecule has 0 radical (unpaired) electrons. The van der Waals surface area contributed by atoms with Gasteiger partial charge in [-0.1, -0.05) is 31.5 Å². The zero-order valence-corrected chi connectivity index (χ0v) is 18.5. The van der Waals surface area contributed by atoms with Crippen molar-refractivity contribution in [2.24, 2.45) is 17.8 Å². The third-order valence-corrected chi connectivity index (χ3v) is 6.77. The van der Waals surface area contributed by atoms with Crippen molar-refractivity contribution in [2.75, 3.05) is 25.6 Å². The van der Waals surface area contributed by atoms with E-state index in [1.54, 1.807) is 13.2 Å². The molecule has 3 heterocycles. The van der Waals surface area contributed by atoms with E-state index >= 15 is 0 Å². The molecule has 1 aromatic carbocycles. The maximum Gasteiger partial charge on any atom is 0.250 e. The van der Waals surface area contributed by atoms with Crippen LogP contribution in [0, 0.1) is 24.7 Å². The van der Waals surface area contributed by atoms with Crippen molar-refractivity contribution in [2.45, 2.75) is 45.2 Å². The summed E-state index contributed by atoms with van der Waals surface area (Å²) in [5.41, 5.74) is 0.812. The highest BCUT2D eigenvalue weighted by Crippen LogP contribution is 2.55. The van der Waals surface area contributed by atoms with Crippen LogP contribution in [0.5, 0.6) is 0 Å². The van der Waals surface area contributed by atoms with Crippen molar-refractivity contribution in [1.82, 2.24) is 10.2 Å². The summed E-state index contributed by atoms with van der Waals surface area (Å²) < 4.78 is 5.08. The molecule has 8 heteroatoms. The molecule has 0 bridgehead atoms. The first-order valence-electron chi connectivity index (χ1n) is 10.5. The Bertz CT molecular complexity index is 918. The molecule has 3 amide bonds. The maximum atomic E-state index is 13.5. The number of hydrogen-bond acceptors (Lipinski definition) is 5. The average molecular weight is 434 g/mol. The highest BCUT2D eigenvalue weighted by Gasteiger charge is 2.70. The number of amides is 3. The van der Waals surface area contributed by atoms with Crippen LogP contribution >= 0.6 is 11.6 Å². The van der Waals surface area contributed by atoms with Gasteiger partial charge in [0.05, 0.1) is 22.5 Å². The minimum atomic E-state index is -1.28. The smallest absolute Gasteiger partial charge is 0.250 e. The Kier molecular flexibility index (Phi) is 5.41. The van der Waals surface area contributed by atoms with Gasteiger partial charge >= 0.3 is 0 Å². The van der Waals surface area contributed by atoms with Crippen molar-refractivity contribution in [1.29, 1.82) is 0 Å². The molecule has 1 aromatic rings. The van der Waals surface area contributed by atoms with Gasteiger partial charge in [0.1, 0.15) is 5.54 Å². The number of rotatable bonds is 6. The summed E-state index contributed by atoms with van der Waals surface area (Å²) in [6, 6.07) is 3.41. The molecule has 4 atom stereocenters. The minimum absolute atomic E-state index is 0.198. The van der Waals surface area contributed by atoms with Gasteiger partial charge in [0.2, 0.25) is 17.7 Å². The van der Waals surface area contributed by atoms with Gasteiger partial charge in [-0.05, 0) is 37.3 Å². The van der Waals surface area contributed by atoms with Crippen molar-refractivity contribution in [3.8, 4) is 0 Å². The van der Waals surface area contributed by atoms with E-state index < -0.39 is 17.4 Å². The van der Waals surface area contributed by atoms with Crippen LogP contribution in [0.3, 0.4) is 0 Å². The van der Waals surface area contributed by atoms with E-state index in [2.05, 4.69) is 24.5 Å². The van der Waals surface area contributed by atoms with Crippen molar-refractivity contribution < 1.29 is 19.1 Å². The Morgan fingerprint density at radius 3 is 2.63 bits per heavy atom. The first-order chi connectivity index (χ1) is 14.2. The van der Waals surface area contributed by atoms with Crippen LogP contribution in [-0.2, 0) is 24.7 Å². The number of nitrogens with one attached hydrogen (secondary N) is 2. The lowest BCUT2D eigenvalue weighted by Crippen LogP contribution is -2.53. The van der Waals surface area contributed by atoms with E-state index in [4.69, 9.17) is 16.3 Å². The first-order valence-corrected chi connectivity index (χ1v) is 10.8. The molecule has 3 aliphatic heterocycles. The molecule has 3 aliphatic rings. The van der Waals surface area contributed by atoms with Crippen LogP contribution in [0.1, 0.15) is 37.8 Å². The number of benzene rings is 1. The van der Waals surface area contributed by atoms with Gasteiger partial charge in [-0.25, -0.2) is 0 Å². The van der Waals surface area contributed by atoms with E-state index in [0.717, 1.165) is 5.56 Å². The van der Waals surface area contributed by atoms with E-state index in [-0.39, 0.29) is 23.8 Å². The van der Waals surface area contributed by atoms with Crippen LogP contribution in [-0.4, -0.2) is 48.9 Å². The fourth-order valence-corrected chi connectivity index (χ4v) is 5.67. The van der Waals surface area contributed by atoms with Crippen molar-refractivity contribution >= 4 is 35.0 Å². The number of aryl methyl sites for hydroxylation is 1. The number of likely N-dealkylation sites (tertiary alicyclic amines) is 1. The summed E-state index contributed by atoms with van der Waals surface area (Å²) in [7, 11) is 1.59. The number of fused-ring (bicyclic) bond motifs is 4. The zero-order valence-electron chi connectivity index (χ0n) is 17.8. The van der Waals surface area contributed by atoms with Gasteiger partial charge in [-0.15, -0.1) is 0 Å². The molecule has 2 N–H and O–H groups in total. The van der Waals surface area contributed by atoms with Gasteiger partial charge in [-0.3, -0.25) is 24.6 Å². The van der Waals surface area contributed by atoms with Crippen molar-refractivity contribution in [3.05, 3.63) is 28.3 Å². The summed E-state index contributed by atoms with van der Waals surface area (Å²) in [6.07, 6.45) is 1.26. The summed E-state index contributed by atoms with van der Waals surface area (Å²) in [5.74, 6) is -1.86. The number of halogens is 1. The van der Waals surface area contributed by atoms with Crippen LogP contribution in [0.15, 0.2) is 12.1 Å². The zero-order chi connectivity index (χ0) is 21.8. The second kappa shape index (κ2) is 7.62. The van der Waals surface area contributed by atoms with E-state index in [1.165, 1.54) is 4.90 Å². The maximum absolute atomic E-state index is 13.5. The normalized spacial score (nSPS) is 29.9. The van der Waals surface area contributed by atoms with Gasteiger partial charge in [0.15, 0.2) is 0 Å². The van der Waals surface area contributed by atoms with Gasteiger partial charge in [-0.2, -0.15) is 0 Å². The SMILES string of the molecule is COCCCN1C(=O)C2C(CC(C)C)NC3(C(=O)Nc4c(Cl)cc(C)cc43)C2C1=O. The predicted octanol–water partition coefficient (Wildman–Crippen LogP) is 2.45. The van der Waals surface area contributed by atoms with E-state index in [0.29, 0.717) is 48.2 Å². The lowest BCUT2D eigenvalue weighted by molar-refractivity contribution is -0.143. The summed E-state index contributed by atoms with van der Waals surface area (Å²) in [5, 5.41) is 6.76. The van der Waals surface area contributed by atoms with Crippen LogP contribution in [0.25, 0.3) is 0 Å². The quantitative estimate of drug-likeness (QED) is 0.531. The Morgan fingerprint density at radius 2 is 1.97 bits per heavy atom. The molecular formula is C22H28ClN3O4. The molecule has 4 unspecified atom stereocenters. The lowest BCUT2D eigenvalue weighted by atomic mass is 9.76. The molecule has 1 spiro atoms. The molecular weight excluding hydrogens is 406 g/mol. The highest BCUT2D eigenvalue weighted by molar-refractivity contribution is 6.35. The molecule has 162 valence electrons. The largest absolute Gasteiger partial charge is 0.385 e. The number of nitrogens with zero attached hydrogens (tertiary/aromatic N) is 1. The third-order valence-electron chi connectivity index (χ3n) is 6.47. The number of methoxy groups -OCH3 is 1. The molecule has 0 aliphatic carbocycles. The molecule has 7 nitrogen and oxygen atoms in total. The molecule has 4 rings (SSSR count). The molecule has 2 saturated heterocycles. The fraction of sp³-hybridized carbons (Fsp3) is 0.591. The number of hydrogen-bond donors (Lipinski definition) is 2. The number of carbonyl (C=O) groups excluding carboxylic acids is 3. The highest BCUT2D eigenvalue weighted by atomic mass is 35.5. The molecule has 0 saturated carbocycles. The van der Waals surface area contributed by atoms with Crippen LogP contribution in [0.4, 0.5) is 5.69 Å².